The first-order valence-electron chi connectivity index (χ1n) is 17.9. The minimum Gasteiger partial charge on any atom is -0.310 e. The van der Waals surface area contributed by atoms with Crippen LogP contribution in [0.25, 0.3) is 82.4 Å². The SMILES string of the molecule is c1ccc(-c2ccc(N(c3ccc4c5ccccc5n(-c5ccccc5)c4c3)c3cccc4cc5c(cc34)-c3cc4ccccc4cc3-5)cc2)cc1. The van der Waals surface area contributed by atoms with Crippen molar-refractivity contribution < 1.29 is 0 Å². The Morgan fingerprint density at radius 3 is 1.63 bits per heavy atom. The van der Waals surface area contributed by atoms with E-state index in [9.17, 15) is 0 Å². The fourth-order valence-corrected chi connectivity index (χ4v) is 8.39. The Morgan fingerprint density at radius 1 is 0.327 bits per heavy atom. The molecule has 0 saturated heterocycles. The van der Waals surface area contributed by atoms with E-state index in [-0.39, 0.29) is 0 Å². The normalized spacial score (nSPS) is 11.8. The first-order chi connectivity index (χ1) is 25.8. The number of aromatic nitrogens is 1. The second-order valence-electron chi connectivity index (χ2n) is 13.8. The van der Waals surface area contributed by atoms with Crippen LogP contribution < -0.4 is 4.90 Å². The fraction of sp³-hybridized carbons (Fsp3) is 0. The van der Waals surface area contributed by atoms with E-state index < -0.39 is 0 Å². The van der Waals surface area contributed by atoms with Crippen molar-refractivity contribution in [2.24, 2.45) is 0 Å². The standard InChI is InChI=1S/C50H32N2/c1-3-12-33(13-4-1)34-22-24-39(25-23-34)51(40-26-27-42-41-19-9-10-20-48(41)52(50(42)31-40)38-17-5-2-6-18-38)49-21-11-16-37-30-46-44-28-35-14-7-8-15-36(35)29-45(44)47(46)32-43(37)49/h1-32H. The monoisotopic (exact) mass is 660 g/mol. The topological polar surface area (TPSA) is 8.17 Å². The van der Waals surface area contributed by atoms with E-state index in [1.165, 1.54) is 76.7 Å². The minimum absolute atomic E-state index is 1.11. The average molecular weight is 661 g/mol. The molecule has 0 N–H and O–H groups in total. The van der Waals surface area contributed by atoms with Crippen LogP contribution in [0.1, 0.15) is 0 Å². The molecule has 0 saturated carbocycles. The molecule has 9 aromatic carbocycles. The lowest BCUT2D eigenvalue weighted by atomic mass is 9.78. The van der Waals surface area contributed by atoms with Gasteiger partial charge in [0.15, 0.2) is 0 Å². The van der Waals surface area contributed by atoms with Gasteiger partial charge < -0.3 is 9.47 Å². The summed E-state index contributed by atoms with van der Waals surface area (Å²) in [4.78, 5) is 2.44. The molecule has 0 amide bonds. The molecule has 1 aliphatic rings. The Labute approximate surface area is 302 Å². The lowest BCUT2D eigenvalue weighted by Gasteiger charge is -2.30. The third-order valence-electron chi connectivity index (χ3n) is 10.9. The van der Waals surface area contributed by atoms with Crippen LogP contribution in [0.15, 0.2) is 194 Å². The third-order valence-corrected chi connectivity index (χ3v) is 10.9. The summed E-state index contributed by atoms with van der Waals surface area (Å²) in [6, 6.07) is 71.0. The number of fused-ring (bicyclic) bond motifs is 9. The number of nitrogens with zero attached hydrogens (tertiary/aromatic N) is 2. The highest BCUT2D eigenvalue weighted by Gasteiger charge is 2.26. The molecule has 1 heterocycles. The summed E-state index contributed by atoms with van der Waals surface area (Å²) in [5.74, 6) is 0. The lowest BCUT2D eigenvalue weighted by molar-refractivity contribution is 1.18. The van der Waals surface area contributed by atoms with Gasteiger partial charge in [0.2, 0.25) is 0 Å². The van der Waals surface area contributed by atoms with Crippen molar-refractivity contribution in [1.82, 2.24) is 4.57 Å². The summed E-state index contributed by atoms with van der Waals surface area (Å²) in [7, 11) is 0. The predicted molar refractivity (Wildman–Crippen MR) is 220 cm³/mol. The van der Waals surface area contributed by atoms with E-state index in [1.807, 2.05) is 0 Å². The zero-order chi connectivity index (χ0) is 34.2. The van der Waals surface area contributed by atoms with Crippen LogP contribution in [0.4, 0.5) is 17.1 Å². The Morgan fingerprint density at radius 2 is 0.885 bits per heavy atom. The molecule has 11 rings (SSSR count). The smallest absolute Gasteiger partial charge is 0.0561 e. The molecule has 1 aliphatic carbocycles. The Bertz CT molecular complexity index is 2990. The molecule has 0 unspecified atom stereocenters. The summed E-state index contributed by atoms with van der Waals surface area (Å²) >= 11 is 0. The largest absolute Gasteiger partial charge is 0.310 e. The molecular formula is C50H32N2. The van der Waals surface area contributed by atoms with E-state index in [0.29, 0.717) is 0 Å². The second kappa shape index (κ2) is 11.3. The maximum Gasteiger partial charge on any atom is 0.0561 e. The highest BCUT2D eigenvalue weighted by Crippen LogP contribution is 2.52. The molecule has 0 aliphatic heterocycles. The van der Waals surface area contributed by atoms with Gasteiger partial charge in [-0.05, 0) is 122 Å². The molecule has 242 valence electrons. The summed E-state index contributed by atoms with van der Waals surface area (Å²) in [5.41, 5.74) is 14.7. The van der Waals surface area contributed by atoms with E-state index in [2.05, 4.69) is 204 Å². The molecular weight excluding hydrogens is 629 g/mol. The van der Waals surface area contributed by atoms with Crippen LogP contribution in [-0.4, -0.2) is 4.57 Å². The van der Waals surface area contributed by atoms with Gasteiger partial charge >= 0.3 is 0 Å². The molecule has 2 heteroatoms. The number of para-hydroxylation sites is 2. The zero-order valence-electron chi connectivity index (χ0n) is 28.4. The molecule has 0 spiro atoms. The first-order valence-corrected chi connectivity index (χ1v) is 17.9. The summed E-state index contributed by atoms with van der Waals surface area (Å²) in [6.07, 6.45) is 0. The van der Waals surface area contributed by atoms with Gasteiger partial charge in [-0.2, -0.15) is 0 Å². The van der Waals surface area contributed by atoms with Gasteiger partial charge in [0.25, 0.3) is 0 Å². The van der Waals surface area contributed by atoms with Crippen molar-refractivity contribution >= 4 is 60.4 Å². The highest BCUT2D eigenvalue weighted by atomic mass is 15.1. The van der Waals surface area contributed by atoms with Crippen LogP contribution in [0, 0.1) is 0 Å². The Kier molecular flexibility index (Phi) is 6.28. The summed E-state index contributed by atoms with van der Waals surface area (Å²) in [6.45, 7) is 0. The molecule has 0 atom stereocenters. The van der Waals surface area contributed by atoms with E-state index in [0.717, 1.165) is 22.7 Å². The lowest BCUT2D eigenvalue weighted by Crippen LogP contribution is -2.11. The number of rotatable bonds is 5. The maximum atomic E-state index is 2.44. The number of anilines is 3. The van der Waals surface area contributed by atoms with Crippen molar-refractivity contribution in [3.05, 3.63) is 194 Å². The van der Waals surface area contributed by atoms with E-state index >= 15 is 0 Å². The van der Waals surface area contributed by atoms with Crippen molar-refractivity contribution in [2.45, 2.75) is 0 Å². The van der Waals surface area contributed by atoms with Crippen LogP contribution in [0.2, 0.25) is 0 Å². The van der Waals surface area contributed by atoms with Gasteiger partial charge in [0.1, 0.15) is 0 Å². The maximum absolute atomic E-state index is 2.44. The van der Waals surface area contributed by atoms with Crippen molar-refractivity contribution in [3.63, 3.8) is 0 Å². The Hall–Kier alpha value is -6.90. The van der Waals surface area contributed by atoms with Crippen LogP contribution in [0.3, 0.4) is 0 Å². The van der Waals surface area contributed by atoms with Gasteiger partial charge in [-0.3, -0.25) is 0 Å². The van der Waals surface area contributed by atoms with Gasteiger partial charge in [0.05, 0.1) is 16.7 Å². The zero-order valence-corrected chi connectivity index (χ0v) is 28.4. The van der Waals surface area contributed by atoms with E-state index in [4.69, 9.17) is 0 Å². The average Bonchev–Trinajstić information content (AvgIpc) is 3.54. The molecule has 0 radical (unpaired) electrons. The first kappa shape index (κ1) is 28.9. The van der Waals surface area contributed by atoms with Crippen molar-refractivity contribution in [2.75, 3.05) is 4.90 Å². The van der Waals surface area contributed by atoms with Gasteiger partial charge in [-0.25, -0.2) is 0 Å². The molecule has 2 nitrogen and oxygen atoms in total. The van der Waals surface area contributed by atoms with Crippen molar-refractivity contribution in [1.29, 1.82) is 0 Å². The van der Waals surface area contributed by atoms with Gasteiger partial charge in [-0.15, -0.1) is 0 Å². The van der Waals surface area contributed by atoms with Crippen LogP contribution in [-0.2, 0) is 0 Å². The fourth-order valence-electron chi connectivity index (χ4n) is 8.39. The molecule has 10 aromatic rings. The van der Waals surface area contributed by atoms with E-state index in [1.54, 1.807) is 0 Å². The van der Waals surface area contributed by atoms with Gasteiger partial charge in [-0.1, -0.05) is 121 Å². The highest BCUT2D eigenvalue weighted by molar-refractivity contribution is 6.15. The van der Waals surface area contributed by atoms with Crippen LogP contribution in [0.5, 0.6) is 0 Å². The number of hydrogen-bond donors (Lipinski definition) is 0. The molecule has 1 aromatic heterocycles. The van der Waals surface area contributed by atoms with Gasteiger partial charge in [0, 0.05) is 33.2 Å². The molecule has 0 bridgehead atoms. The molecule has 0 fully saturated rings. The van der Waals surface area contributed by atoms with Crippen molar-refractivity contribution in [3.8, 4) is 39.1 Å². The quantitative estimate of drug-likeness (QED) is 0.178. The summed E-state index contributed by atoms with van der Waals surface area (Å²) < 4.78 is 2.40. The second-order valence-corrected chi connectivity index (χ2v) is 13.8. The minimum atomic E-state index is 1.11. The Balaban J connectivity index is 1.14. The predicted octanol–water partition coefficient (Wildman–Crippen LogP) is 13.9. The third kappa shape index (κ3) is 4.38. The number of hydrogen-bond acceptors (Lipinski definition) is 1. The number of benzene rings is 9. The summed E-state index contributed by atoms with van der Waals surface area (Å²) in [5, 5.41) is 7.53. The molecule has 52 heavy (non-hydrogen) atoms. The van der Waals surface area contributed by atoms with Crippen LogP contribution >= 0.6 is 0 Å².